The van der Waals surface area contributed by atoms with E-state index in [0.717, 1.165) is 17.0 Å². The quantitative estimate of drug-likeness (QED) is 0.299. The van der Waals surface area contributed by atoms with Crippen LogP contribution in [-0.4, -0.2) is 32.6 Å². The molecule has 5 rings (SSSR count). The average molecular weight is 478 g/mol. The van der Waals surface area contributed by atoms with Crippen molar-refractivity contribution in [3.63, 3.8) is 0 Å². The molecule has 0 bridgehead atoms. The summed E-state index contributed by atoms with van der Waals surface area (Å²) in [6, 6.07) is 11.6. The Bertz CT molecular complexity index is 1160. The Hall–Kier alpha value is -2.97. The zero-order valence-electron chi connectivity index (χ0n) is 20.3. The van der Waals surface area contributed by atoms with Gasteiger partial charge in [-0.25, -0.2) is 4.98 Å². The van der Waals surface area contributed by atoms with Crippen LogP contribution in [0.15, 0.2) is 47.4 Å². The standard InChI is InChI=1S/C25H30N6S.CH5N/c1-17(2)31-16-27-22-23(29-25(30-24(22)31)28-21-6-4-3-5-7-21)26-14-18-8-10-19(11-9-18)20-12-13-32-15-20;1-2/h8-13,15-17,21H,3-7,14H2,1-2H3,(H2,26,28,29,30);2H2,1H3. The van der Waals surface area contributed by atoms with Crippen molar-refractivity contribution in [2.24, 2.45) is 5.73 Å². The number of aromatic nitrogens is 4. The maximum absolute atomic E-state index is 4.85. The van der Waals surface area contributed by atoms with E-state index in [4.69, 9.17) is 9.97 Å². The number of thiophene rings is 1. The number of nitrogens with two attached hydrogens (primary N) is 1. The van der Waals surface area contributed by atoms with Crippen LogP contribution < -0.4 is 16.4 Å². The highest BCUT2D eigenvalue weighted by molar-refractivity contribution is 7.08. The molecule has 8 heteroatoms. The molecule has 34 heavy (non-hydrogen) atoms. The molecular formula is C26H35N7S. The minimum atomic E-state index is 0.287. The van der Waals surface area contributed by atoms with Gasteiger partial charge >= 0.3 is 0 Å². The lowest BCUT2D eigenvalue weighted by molar-refractivity contribution is 0.461. The van der Waals surface area contributed by atoms with E-state index in [1.54, 1.807) is 11.3 Å². The van der Waals surface area contributed by atoms with Crippen molar-refractivity contribution in [1.82, 2.24) is 19.5 Å². The van der Waals surface area contributed by atoms with Gasteiger partial charge in [-0.3, -0.25) is 0 Å². The van der Waals surface area contributed by atoms with Crippen molar-refractivity contribution in [2.75, 3.05) is 17.7 Å². The van der Waals surface area contributed by atoms with Gasteiger partial charge in [0.25, 0.3) is 0 Å². The number of nitrogens with zero attached hydrogens (tertiary/aromatic N) is 4. The molecule has 0 spiro atoms. The molecule has 0 radical (unpaired) electrons. The fourth-order valence-electron chi connectivity index (χ4n) is 4.34. The molecule has 7 nitrogen and oxygen atoms in total. The summed E-state index contributed by atoms with van der Waals surface area (Å²) in [5.74, 6) is 1.48. The van der Waals surface area contributed by atoms with Crippen molar-refractivity contribution in [3.8, 4) is 11.1 Å². The first-order valence-corrected chi connectivity index (χ1v) is 13.1. The molecule has 0 saturated heterocycles. The van der Waals surface area contributed by atoms with E-state index >= 15 is 0 Å². The average Bonchev–Trinajstić information content (AvgIpc) is 3.55. The van der Waals surface area contributed by atoms with Crippen molar-refractivity contribution in [1.29, 1.82) is 0 Å². The van der Waals surface area contributed by atoms with Crippen LogP contribution in [0.25, 0.3) is 22.3 Å². The Labute approximate surface area is 205 Å². The molecule has 1 aliphatic carbocycles. The number of hydrogen-bond acceptors (Lipinski definition) is 7. The Morgan fingerprint density at radius 3 is 2.47 bits per heavy atom. The zero-order valence-corrected chi connectivity index (χ0v) is 21.1. The van der Waals surface area contributed by atoms with Crippen LogP contribution in [0.1, 0.15) is 57.6 Å². The molecule has 0 atom stereocenters. The van der Waals surface area contributed by atoms with Crippen LogP contribution in [0.4, 0.5) is 11.8 Å². The molecule has 0 amide bonds. The summed E-state index contributed by atoms with van der Waals surface area (Å²) in [7, 11) is 1.50. The van der Waals surface area contributed by atoms with Crippen LogP contribution in [0.3, 0.4) is 0 Å². The molecule has 0 unspecified atom stereocenters. The number of anilines is 2. The van der Waals surface area contributed by atoms with E-state index in [2.05, 4.69) is 80.9 Å². The lowest BCUT2D eigenvalue weighted by Gasteiger charge is -2.23. The minimum absolute atomic E-state index is 0.287. The van der Waals surface area contributed by atoms with E-state index in [-0.39, 0.29) is 6.04 Å². The highest BCUT2D eigenvalue weighted by Crippen LogP contribution is 2.27. The van der Waals surface area contributed by atoms with E-state index in [1.165, 1.54) is 55.8 Å². The monoisotopic (exact) mass is 477 g/mol. The van der Waals surface area contributed by atoms with Crippen LogP contribution in [0, 0.1) is 0 Å². The van der Waals surface area contributed by atoms with E-state index in [0.29, 0.717) is 18.5 Å². The van der Waals surface area contributed by atoms with E-state index in [9.17, 15) is 0 Å². The number of hydrogen-bond donors (Lipinski definition) is 3. The third-order valence-electron chi connectivity index (χ3n) is 6.18. The predicted octanol–water partition coefficient (Wildman–Crippen LogP) is 6.07. The molecule has 3 aromatic heterocycles. The third-order valence-corrected chi connectivity index (χ3v) is 6.87. The second kappa shape index (κ2) is 11.4. The van der Waals surface area contributed by atoms with Gasteiger partial charge in [0.05, 0.1) is 6.33 Å². The summed E-state index contributed by atoms with van der Waals surface area (Å²) in [6.07, 6.45) is 8.12. The molecule has 4 aromatic rings. The van der Waals surface area contributed by atoms with Crippen molar-refractivity contribution in [3.05, 3.63) is 53.0 Å². The number of nitrogens with one attached hydrogen (secondary N) is 2. The summed E-state index contributed by atoms with van der Waals surface area (Å²) in [4.78, 5) is 14.3. The zero-order chi connectivity index (χ0) is 23.9. The van der Waals surface area contributed by atoms with Crippen molar-refractivity contribution < 1.29 is 0 Å². The fourth-order valence-corrected chi connectivity index (χ4v) is 5.01. The molecule has 4 N–H and O–H groups in total. The van der Waals surface area contributed by atoms with Crippen LogP contribution in [0.2, 0.25) is 0 Å². The Morgan fingerprint density at radius 1 is 1.03 bits per heavy atom. The summed E-state index contributed by atoms with van der Waals surface area (Å²) in [5.41, 5.74) is 9.92. The number of imidazole rings is 1. The highest BCUT2D eigenvalue weighted by atomic mass is 32.1. The number of benzene rings is 1. The fraction of sp³-hybridized carbons (Fsp3) is 0.423. The first-order chi connectivity index (χ1) is 16.7. The normalized spacial score (nSPS) is 14.1. The van der Waals surface area contributed by atoms with Gasteiger partial charge in [0.2, 0.25) is 5.95 Å². The maximum Gasteiger partial charge on any atom is 0.227 e. The molecular weight excluding hydrogens is 442 g/mol. The second-order valence-electron chi connectivity index (χ2n) is 8.86. The maximum atomic E-state index is 4.85. The Morgan fingerprint density at radius 2 is 1.79 bits per heavy atom. The van der Waals surface area contributed by atoms with E-state index < -0.39 is 0 Å². The van der Waals surface area contributed by atoms with E-state index in [1.807, 2.05) is 6.33 Å². The van der Waals surface area contributed by atoms with Gasteiger partial charge in [0.1, 0.15) is 0 Å². The molecule has 0 aliphatic heterocycles. The molecule has 1 fully saturated rings. The van der Waals surface area contributed by atoms with Gasteiger partial charge in [0, 0.05) is 18.6 Å². The molecule has 1 aliphatic rings. The van der Waals surface area contributed by atoms with Gasteiger partial charge in [-0.2, -0.15) is 21.3 Å². The summed E-state index contributed by atoms with van der Waals surface area (Å²) in [5, 5.41) is 11.4. The number of rotatable bonds is 7. The first-order valence-electron chi connectivity index (χ1n) is 12.1. The van der Waals surface area contributed by atoms with Gasteiger partial charge in [-0.05, 0) is 67.3 Å². The molecule has 1 saturated carbocycles. The predicted molar refractivity (Wildman–Crippen MR) is 143 cm³/mol. The third kappa shape index (κ3) is 5.56. The topological polar surface area (TPSA) is 93.7 Å². The lowest BCUT2D eigenvalue weighted by atomic mass is 9.96. The highest BCUT2D eigenvalue weighted by Gasteiger charge is 2.18. The van der Waals surface area contributed by atoms with Gasteiger partial charge < -0.3 is 20.9 Å². The minimum Gasteiger partial charge on any atom is -0.364 e. The second-order valence-corrected chi connectivity index (χ2v) is 9.64. The largest absolute Gasteiger partial charge is 0.364 e. The smallest absolute Gasteiger partial charge is 0.227 e. The van der Waals surface area contributed by atoms with Gasteiger partial charge in [0.15, 0.2) is 17.0 Å². The number of fused-ring (bicyclic) bond motifs is 1. The summed E-state index contributed by atoms with van der Waals surface area (Å²) in [6.45, 7) is 4.99. The van der Waals surface area contributed by atoms with Crippen LogP contribution >= 0.6 is 11.3 Å². The van der Waals surface area contributed by atoms with Crippen LogP contribution in [0.5, 0.6) is 0 Å². The van der Waals surface area contributed by atoms with Crippen LogP contribution in [-0.2, 0) is 6.54 Å². The first kappa shape index (κ1) is 24.2. The Kier molecular flexibility index (Phi) is 8.13. The summed E-state index contributed by atoms with van der Waals surface area (Å²) < 4.78 is 2.11. The molecule has 1 aromatic carbocycles. The molecule has 180 valence electrons. The van der Waals surface area contributed by atoms with Crippen molar-refractivity contribution >= 4 is 34.3 Å². The lowest BCUT2D eigenvalue weighted by Crippen LogP contribution is -2.24. The van der Waals surface area contributed by atoms with Gasteiger partial charge in [-0.1, -0.05) is 43.5 Å². The Balaban J connectivity index is 0.00000133. The summed E-state index contributed by atoms with van der Waals surface area (Å²) >= 11 is 1.72. The SMILES string of the molecule is CC(C)n1cnc2c(NCc3ccc(-c4ccsc4)cc3)nc(NC3CCCCC3)nc21.CN. The molecule has 3 heterocycles. The van der Waals surface area contributed by atoms with Crippen molar-refractivity contribution in [2.45, 2.75) is 64.6 Å². The van der Waals surface area contributed by atoms with Gasteiger partial charge in [-0.15, -0.1) is 0 Å².